The van der Waals surface area contributed by atoms with Crippen molar-refractivity contribution in [3.8, 4) is 0 Å². The number of nitrogens with zero attached hydrogens (tertiary/aromatic N) is 1. The highest BCUT2D eigenvalue weighted by molar-refractivity contribution is 5.90. The molecule has 1 aliphatic carbocycles. The third-order valence-electron chi connectivity index (χ3n) is 4.84. The zero-order valence-electron chi connectivity index (χ0n) is 12.1. The third kappa shape index (κ3) is 2.51. The average Bonchev–Trinajstić information content (AvgIpc) is 3.02. The van der Waals surface area contributed by atoms with Gasteiger partial charge in [0.15, 0.2) is 11.6 Å². The number of halogens is 3. The van der Waals surface area contributed by atoms with Crippen molar-refractivity contribution < 1.29 is 27.9 Å². The highest BCUT2D eigenvalue weighted by atomic mass is 19.2. The highest BCUT2D eigenvalue weighted by Crippen LogP contribution is 2.48. The number of carbonyl (C=O) groups excluding carboxylic acids is 1. The van der Waals surface area contributed by atoms with Gasteiger partial charge in [-0.15, -0.1) is 0 Å². The average molecular weight is 328 g/mol. The van der Waals surface area contributed by atoms with Gasteiger partial charge in [-0.25, -0.2) is 18.0 Å². The Morgan fingerprint density at radius 3 is 2.57 bits per heavy atom. The van der Waals surface area contributed by atoms with Crippen LogP contribution in [0.2, 0.25) is 0 Å². The molecule has 1 aliphatic heterocycles. The number of aliphatic carboxylic acids is 1. The van der Waals surface area contributed by atoms with Crippen molar-refractivity contribution in [2.24, 2.45) is 11.3 Å². The zero-order chi connectivity index (χ0) is 16.8. The second kappa shape index (κ2) is 5.43. The summed E-state index contributed by atoms with van der Waals surface area (Å²) in [5, 5.41) is 11.6. The van der Waals surface area contributed by atoms with Crippen LogP contribution in [-0.2, 0) is 4.79 Å². The van der Waals surface area contributed by atoms with Gasteiger partial charge in [0.1, 0.15) is 5.82 Å². The number of carboxylic acids is 1. The lowest BCUT2D eigenvalue weighted by molar-refractivity contribution is -0.149. The normalized spacial score (nSPS) is 26.2. The van der Waals surface area contributed by atoms with Gasteiger partial charge in [-0.2, -0.15) is 0 Å². The maximum atomic E-state index is 13.6. The topological polar surface area (TPSA) is 69.6 Å². The molecule has 2 amide bonds. The maximum Gasteiger partial charge on any atom is 0.321 e. The summed E-state index contributed by atoms with van der Waals surface area (Å²) >= 11 is 0. The molecule has 0 bridgehead atoms. The summed E-state index contributed by atoms with van der Waals surface area (Å²) in [5.74, 6) is -4.79. The Bertz CT molecular complexity index is 682. The first-order chi connectivity index (χ1) is 10.8. The molecule has 8 heteroatoms. The molecule has 1 aromatic carbocycles. The molecule has 0 radical (unpaired) electrons. The molecule has 1 saturated carbocycles. The summed E-state index contributed by atoms with van der Waals surface area (Å²) < 4.78 is 39.6. The summed E-state index contributed by atoms with van der Waals surface area (Å²) in [5.41, 5.74) is -1.43. The van der Waals surface area contributed by atoms with Crippen molar-refractivity contribution in [1.29, 1.82) is 0 Å². The molecule has 2 N–H and O–H groups in total. The molecule has 0 spiro atoms. The van der Waals surface area contributed by atoms with Crippen LogP contribution in [0.5, 0.6) is 0 Å². The van der Waals surface area contributed by atoms with E-state index in [1.165, 1.54) is 4.90 Å². The summed E-state index contributed by atoms with van der Waals surface area (Å²) in [4.78, 5) is 25.0. The first-order valence-corrected chi connectivity index (χ1v) is 7.27. The van der Waals surface area contributed by atoms with Crippen LogP contribution in [0.15, 0.2) is 12.1 Å². The number of benzene rings is 1. The van der Waals surface area contributed by atoms with E-state index in [-0.39, 0.29) is 19.0 Å². The van der Waals surface area contributed by atoms with E-state index in [1.807, 2.05) is 0 Å². The van der Waals surface area contributed by atoms with E-state index in [9.17, 15) is 27.9 Å². The van der Waals surface area contributed by atoms with Gasteiger partial charge < -0.3 is 15.3 Å². The van der Waals surface area contributed by atoms with E-state index in [0.29, 0.717) is 18.6 Å². The van der Waals surface area contributed by atoms with Crippen LogP contribution in [0.1, 0.15) is 19.3 Å². The maximum absolute atomic E-state index is 13.6. The number of nitrogens with one attached hydrogen (secondary N) is 1. The molecular weight excluding hydrogens is 313 g/mol. The number of rotatable bonds is 2. The highest BCUT2D eigenvalue weighted by Gasteiger charge is 2.55. The Labute approximate surface area is 130 Å². The predicted octanol–water partition coefficient (Wildman–Crippen LogP) is 2.82. The lowest BCUT2D eigenvalue weighted by Crippen LogP contribution is -2.38. The smallest absolute Gasteiger partial charge is 0.321 e. The SMILES string of the molecule is O=C(Nc1cc(F)c(F)cc1F)N1C[C@@H]2CCC[C@@]2(C(=O)O)C1. The number of fused-ring (bicyclic) bond motifs is 1. The summed E-state index contributed by atoms with van der Waals surface area (Å²) in [6.07, 6.45) is 2.01. The molecule has 2 atom stereocenters. The Morgan fingerprint density at radius 2 is 1.91 bits per heavy atom. The monoisotopic (exact) mass is 328 g/mol. The fourth-order valence-electron chi connectivity index (χ4n) is 3.61. The number of amides is 2. The largest absolute Gasteiger partial charge is 0.481 e. The van der Waals surface area contributed by atoms with Crippen molar-refractivity contribution in [3.63, 3.8) is 0 Å². The molecule has 2 fully saturated rings. The van der Waals surface area contributed by atoms with Crippen LogP contribution in [0, 0.1) is 28.8 Å². The van der Waals surface area contributed by atoms with Gasteiger partial charge in [0.25, 0.3) is 0 Å². The summed E-state index contributed by atoms with van der Waals surface area (Å²) in [6.45, 7) is 0.285. The van der Waals surface area contributed by atoms with E-state index in [4.69, 9.17) is 0 Å². The predicted molar refractivity (Wildman–Crippen MR) is 74.3 cm³/mol. The Balaban J connectivity index is 1.76. The molecule has 0 aromatic heterocycles. The van der Waals surface area contributed by atoms with E-state index in [2.05, 4.69) is 5.32 Å². The summed E-state index contributed by atoms with van der Waals surface area (Å²) in [6, 6.07) is 0.194. The van der Waals surface area contributed by atoms with Gasteiger partial charge in [-0.05, 0) is 18.8 Å². The molecule has 124 valence electrons. The number of anilines is 1. The van der Waals surface area contributed by atoms with Crippen molar-refractivity contribution in [1.82, 2.24) is 4.90 Å². The fraction of sp³-hybridized carbons (Fsp3) is 0.467. The lowest BCUT2D eigenvalue weighted by Gasteiger charge is -2.23. The number of likely N-dealkylation sites (tertiary alicyclic amines) is 1. The Kier molecular flexibility index (Phi) is 3.69. The zero-order valence-corrected chi connectivity index (χ0v) is 12.1. The number of carboxylic acid groups (broad SMARTS) is 1. The molecule has 5 nitrogen and oxygen atoms in total. The number of urea groups is 1. The fourth-order valence-corrected chi connectivity index (χ4v) is 3.61. The van der Waals surface area contributed by atoms with Gasteiger partial charge >= 0.3 is 12.0 Å². The molecule has 1 saturated heterocycles. The van der Waals surface area contributed by atoms with Gasteiger partial charge in [-0.3, -0.25) is 4.79 Å². The van der Waals surface area contributed by atoms with E-state index in [0.717, 1.165) is 12.8 Å². The van der Waals surface area contributed by atoms with Crippen LogP contribution in [0.4, 0.5) is 23.7 Å². The first kappa shape index (κ1) is 15.6. The second-order valence-corrected chi connectivity index (χ2v) is 6.11. The minimum absolute atomic E-state index is 0.0319. The number of carbonyl (C=O) groups is 2. The van der Waals surface area contributed by atoms with Gasteiger partial charge in [-0.1, -0.05) is 6.42 Å². The molecular formula is C15H15F3N2O3. The van der Waals surface area contributed by atoms with E-state index < -0.39 is 40.6 Å². The minimum atomic E-state index is -1.35. The number of hydrogen-bond donors (Lipinski definition) is 2. The Hall–Kier alpha value is -2.25. The van der Waals surface area contributed by atoms with Crippen molar-refractivity contribution in [2.75, 3.05) is 18.4 Å². The van der Waals surface area contributed by atoms with Gasteiger partial charge in [0, 0.05) is 25.2 Å². The van der Waals surface area contributed by atoms with Crippen LogP contribution in [-0.4, -0.2) is 35.1 Å². The van der Waals surface area contributed by atoms with Gasteiger partial charge in [0.05, 0.1) is 11.1 Å². The van der Waals surface area contributed by atoms with Crippen LogP contribution in [0.3, 0.4) is 0 Å². The van der Waals surface area contributed by atoms with E-state index in [1.54, 1.807) is 0 Å². The van der Waals surface area contributed by atoms with Crippen LogP contribution >= 0.6 is 0 Å². The lowest BCUT2D eigenvalue weighted by atomic mass is 9.81. The minimum Gasteiger partial charge on any atom is -0.481 e. The van der Waals surface area contributed by atoms with Gasteiger partial charge in [0.2, 0.25) is 0 Å². The molecule has 23 heavy (non-hydrogen) atoms. The quantitative estimate of drug-likeness (QED) is 0.820. The van der Waals surface area contributed by atoms with Crippen molar-refractivity contribution >= 4 is 17.7 Å². The number of hydrogen-bond acceptors (Lipinski definition) is 2. The molecule has 1 heterocycles. The first-order valence-electron chi connectivity index (χ1n) is 7.27. The Morgan fingerprint density at radius 1 is 1.22 bits per heavy atom. The molecule has 3 rings (SSSR count). The molecule has 0 unspecified atom stereocenters. The van der Waals surface area contributed by atoms with Crippen molar-refractivity contribution in [2.45, 2.75) is 19.3 Å². The molecule has 2 aliphatic rings. The van der Waals surface area contributed by atoms with Crippen LogP contribution in [0.25, 0.3) is 0 Å². The molecule has 1 aromatic rings. The third-order valence-corrected chi connectivity index (χ3v) is 4.84. The van der Waals surface area contributed by atoms with E-state index >= 15 is 0 Å². The second-order valence-electron chi connectivity index (χ2n) is 6.11. The summed E-state index contributed by atoms with van der Waals surface area (Å²) in [7, 11) is 0. The van der Waals surface area contributed by atoms with Crippen molar-refractivity contribution in [3.05, 3.63) is 29.6 Å². The standard InChI is InChI=1S/C15H15F3N2O3/c16-9-4-11(18)12(5-10(9)17)19-14(23)20-6-8-2-1-3-15(8,7-20)13(21)22/h4-5,8H,1-3,6-7H2,(H,19,23)(H,21,22)/t8-,15+/m0/s1. The van der Waals surface area contributed by atoms with Crippen LogP contribution < -0.4 is 5.32 Å².